The van der Waals surface area contributed by atoms with Crippen molar-refractivity contribution < 1.29 is 14.4 Å². The highest BCUT2D eigenvalue weighted by Crippen LogP contribution is 2.15. The number of hydrogen-bond acceptors (Lipinski definition) is 3. The Morgan fingerprint density at radius 2 is 1.96 bits per heavy atom. The fourth-order valence-electron chi connectivity index (χ4n) is 2.55. The number of nitrogens with one attached hydrogen (secondary N) is 2. The molecule has 0 radical (unpaired) electrons. The van der Waals surface area contributed by atoms with Gasteiger partial charge in [-0.2, -0.15) is 0 Å². The van der Waals surface area contributed by atoms with Crippen LogP contribution in [0.2, 0.25) is 0 Å². The first-order chi connectivity index (χ1) is 11.5. The monoisotopic (exact) mass is 331 g/mol. The molecular weight excluding hydrogens is 306 g/mol. The molecule has 0 saturated carbocycles. The molecule has 24 heavy (non-hydrogen) atoms. The second-order valence-electron chi connectivity index (χ2n) is 6.48. The third kappa shape index (κ3) is 5.08. The summed E-state index contributed by atoms with van der Waals surface area (Å²) in [5, 5.41) is 5.50. The number of hydrogen-bond donors (Lipinski definition) is 2. The van der Waals surface area contributed by atoms with Crippen LogP contribution in [-0.4, -0.2) is 35.3 Å². The van der Waals surface area contributed by atoms with E-state index in [-0.39, 0.29) is 24.8 Å². The fraction of sp³-hybridized carbons (Fsp3) is 0.500. The van der Waals surface area contributed by atoms with Crippen LogP contribution in [0.4, 0.5) is 4.79 Å². The van der Waals surface area contributed by atoms with Crippen molar-refractivity contribution in [2.45, 2.75) is 45.7 Å². The first-order valence-electron chi connectivity index (χ1n) is 8.40. The summed E-state index contributed by atoms with van der Waals surface area (Å²) < 4.78 is 0. The zero-order valence-electron chi connectivity index (χ0n) is 14.2. The van der Waals surface area contributed by atoms with E-state index in [0.29, 0.717) is 18.9 Å². The Hall–Kier alpha value is -2.37. The molecule has 2 N–H and O–H groups in total. The van der Waals surface area contributed by atoms with E-state index >= 15 is 0 Å². The first-order valence-corrected chi connectivity index (χ1v) is 8.40. The molecule has 1 saturated heterocycles. The van der Waals surface area contributed by atoms with Crippen LogP contribution in [0.5, 0.6) is 0 Å². The van der Waals surface area contributed by atoms with Crippen LogP contribution >= 0.6 is 0 Å². The van der Waals surface area contributed by atoms with E-state index < -0.39 is 12.1 Å². The smallest absolute Gasteiger partial charge is 0.325 e. The molecule has 1 heterocycles. The van der Waals surface area contributed by atoms with Gasteiger partial charge < -0.3 is 10.6 Å². The SMILES string of the molecule is CC(C)CCNC(=O)CC[C@@H]1NC(=O)N(Cc2ccccc2)C1=O. The van der Waals surface area contributed by atoms with E-state index in [0.717, 1.165) is 12.0 Å². The highest BCUT2D eigenvalue weighted by molar-refractivity contribution is 6.04. The molecule has 1 aromatic carbocycles. The standard InChI is InChI=1S/C18H25N3O3/c1-13(2)10-11-19-16(22)9-8-15-17(23)21(18(24)20-15)12-14-6-4-3-5-7-14/h3-7,13,15H,8-12H2,1-2H3,(H,19,22)(H,20,24)/t15-/m0/s1. The lowest BCUT2D eigenvalue weighted by molar-refractivity contribution is -0.128. The van der Waals surface area contributed by atoms with Crippen molar-refractivity contribution in [1.82, 2.24) is 15.5 Å². The lowest BCUT2D eigenvalue weighted by Gasteiger charge is -2.13. The number of carbonyl (C=O) groups is 3. The van der Waals surface area contributed by atoms with Crippen LogP contribution in [-0.2, 0) is 16.1 Å². The second kappa shape index (κ2) is 8.47. The average molecular weight is 331 g/mol. The van der Waals surface area contributed by atoms with Crippen molar-refractivity contribution in [2.24, 2.45) is 5.92 Å². The summed E-state index contributed by atoms with van der Waals surface area (Å²) in [7, 11) is 0. The third-order valence-corrected chi connectivity index (χ3v) is 3.99. The maximum absolute atomic E-state index is 12.3. The van der Waals surface area contributed by atoms with Crippen LogP contribution in [0.3, 0.4) is 0 Å². The summed E-state index contributed by atoms with van der Waals surface area (Å²) in [4.78, 5) is 37.3. The van der Waals surface area contributed by atoms with E-state index in [1.165, 1.54) is 4.90 Å². The summed E-state index contributed by atoms with van der Waals surface area (Å²) in [5.41, 5.74) is 0.896. The lowest BCUT2D eigenvalue weighted by atomic mass is 10.1. The molecule has 130 valence electrons. The Labute approximate surface area is 142 Å². The number of benzene rings is 1. The topological polar surface area (TPSA) is 78.5 Å². The van der Waals surface area contributed by atoms with Gasteiger partial charge in [0.05, 0.1) is 6.54 Å². The van der Waals surface area contributed by atoms with Crippen LogP contribution in [0.15, 0.2) is 30.3 Å². The zero-order chi connectivity index (χ0) is 17.5. The Kier molecular flexibility index (Phi) is 6.35. The van der Waals surface area contributed by atoms with E-state index in [1.807, 2.05) is 30.3 Å². The Bertz CT molecular complexity index is 586. The van der Waals surface area contributed by atoms with Crippen molar-refractivity contribution in [3.05, 3.63) is 35.9 Å². The Morgan fingerprint density at radius 1 is 1.25 bits per heavy atom. The van der Waals surface area contributed by atoms with E-state index in [9.17, 15) is 14.4 Å². The van der Waals surface area contributed by atoms with Gasteiger partial charge in [-0.1, -0.05) is 44.2 Å². The summed E-state index contributed by atoms with van der Waals surface area (Å²) in [6.07, 6.45) is 1.48. The molecule has 0 bridgehead atoms. The van der Waals surface area contributed by atoms with Crippen molar-refractivity contribution in [2.75, 3.05) is 6.54 Å². The molecule has 0 unspecified atom stereocenters. The number of nitrogens with zero attached hydrogens (tertiary/aromatic N) is 1. The van der Waals surface area contributed by atoms with Crippen molar-refractivity contribution in [3.8, 4) is 0 Å². The quantitative estimate of drug-likeness (QED) is 0.716. The molecule has 4 amide bonds. The molecule has 1 aromatic rings. The first kappa shape index (κ1) is 18.0. The molecule has 1 aliphatic rings. The highest BCUT2D eigenvalue weighted by Gasteiger charge is 2.37. The molecule has 0 aromatic heterocycles. The minimum atomic E-state index is -0.614. The Balaban J connectivity index is 1.80. The molecule has 6 nitrogen and oxygen atoms in total. The van der Waals surface area contributed by atoms with Gasteiger partial charge in [0, 0.05) is 13.0 Å². The maximum Gasteiger partial charge on any atom is 0.325 e. The van der Waals surface area contributed by atoms with E-state index in [2.05, 4.69) is 24.5 Å². The molecule has 0 spiro atoms. The van der Waals surface area contributed by atoms with Crippen LogP contribution in [0.1, 0.15) is 38.7 Å². The molecule has 6 heteroatoms. The average Bonchev–Trinajstić information content (AvgIpc) is 2.81. The van der Waals surface area contributed by atoms with Gasteiger partial charge in [0.25, 0.3) is 5.91 Å². The van der Waals surface area contributed by atoms with Gasteiger partial charge in [0.2, 0.25) is 5.91 Å². The number of rotatable bonds is 8. The normalized spacial score (nSPS) is 17.3. The van der Waals surface area contributed by atoms with Crippen molar-refractivity contribution >= 4 is 17.8 Å². The number of imide groups is 1. The maximum atomic E-state index is 12.3. The summed E-state index contributed by atoms with van der Waals surface area (Å²) in [5.74, 6) is 0.186. The van der Waals surface area contributed by atoms with Gasteiger partial charge >= 0.3 is 6.03 Å². The number of amides is 4. The van der Waals surface area contributed by atoms with Gasteiger partial charge in [-0.05, 0) is 24.3 Å². The molecular formula is C18H25N3O3. The minimum Gasteiger partial charge on any atom is -0.356 e. The predicted molar refractivity (Wildman–Crippen MR) is 91.0 cm³/mol. The Morgan fingerprint density at radius 3 is 2.62 bits per heavy atom. The molecule has 1 atom stereocenters. The number of carbonyl (C=O) groups excluding carboxylic acids is 3. The van der Waals surface area contributed by atoms with Crippen molar-refractivity contribution in [1.29, 1.82) is 0 Å². The van der Waals surface area contributed by atoms with Crippen LogP contribution in [0, 0.1) is 5.92 Å². The summed E-state index contributed by atoms with van der Waals surface area (Å²) >= 11 is 0. The second-order valence-corrected chi connectivity index (χ2v) is 6.48. The fourth-order valence-corrected chi connectivity index (χ4v) is 2.55. The largest absolute Gasteiger partial charge is 0.356 e. The third-order valence-electron chi connectivity index (χ3n) is 3.99. The predicted octanol–water partition coefficient (Wildman–Crippen LogP) is 2.05. The van der Waals surface area contributed by atoms with Crippen LogP contribution in [0.25, 0.3) is 0 Å². The van der Waals surface area contributed by atoms with Crippen LogP contribution < -0.4 is 10.6 Å². The molecule has 2 rings (SSSR count). The summed E-state index contributed by atoms with van der Waals surface area (Å²) in [6, 6.07) is 8.35. The zero-order valence-corrected chi connectivity index (χ0v) is 14.2. The molecule has 1 fully saturated rings. The number of urea groups is 1. The molecule has 0 aliphatic carbocycles. The van der Waals surface area contributed by atoms with Gasteiger partial charge in [0.15, 0.2) is 0 Å². The molecule has 1 aliphatic heterocycles. The van der Waals surface area contributed by atoms with Gasteiger partial charge in [-0.3, -0.25) is 14.5 Å². The minimum absolute atomic E-state index is 0.0841. The van der Waals surface area contributed by atoms with Gasteiger partial charge in [-0.25, -0.2) is 4.79 Å². The van der Waals surface area contributed by atoms with E-state index in [4.69, 9.17) is 0 Å². The van der Waals surface area contributed by atoms with Crippen molar-refractivity contribution in [3.63, 3.8) is 0 Å². The van der Waals surface area contributed by atoms with Gasteiger partial charge in [-0.15, -0.1) is 0 Å². The van der Waals surface area contributed by atoms with E-state index in [1.54, 1.807) is 0 Å². The summed E-state index contributed by atoms with van der Waals surface area (Å²) in [6.45, 7) is 5.09. The lowest BCUT2D eigenvalue weighted by Crippen LogP contribution is -2.32. The highest BCUT2D eigenvalue weighted by atomic mass is 16.2. The van der Waals surface area contributed by atoms with Gasteiger partial charge in [0.1, 0.15) is 6.04 Å².